The van der Waals surface area contributed by atoms with Gasteiger partial charge >= 0.3 is 0 Å². The number of hydrogen-bond donors (Lipinski definition) is 1. The Morgan fingerprint density at radius 3 is 2.65 bits per heavy atom. The van der Waals surface area contributed by atoms with Crippen molar-refractivity contribution in [3.63, 3.8) is 0 Å². The number of benzene rings is 2. The van der Waals surface area contributed by atoms with Crippen molar-refractivity contribution in [3.05, 3.63) is 65.2 Å². The van der Waals surface area contributed by atoms with Crippen molar-refractivity contribution in [2.75, 3.05) is 18.4 Å². The molecule has 1 aliphatic heterocycles. The van der Waals surface area contributed by atoms with Crippen LogP contribution in [-0.4, -0.2) is 23.9 Å². The molecule has 2 aromatic rings. The fraction of sp³-hybridized carbons (Fsp3) is 0.381. The highest BCUT2D eigenvalue weighted by Gasteiger charge is 2.11. The number of nitrogens with one attached hydrogen (secondary N) is 1. The van der Waals surface area contributed by atoms with Gasteiger partial charge in [0.15, 0.2) is 0 Å². The van der Waals surface area contributed by atoms with Gasteiger partial charge < -0.3 is 5.32 Å². The second-order valence-electron chi connectivity index (χ2n) is 6.82. The van der Waals surface area contributed by atoms with E-state index in [0.29, 0.717) is 0 Å². The van der Waals surface area contributed by atoms with Crippen LogP contribution in [0.2, 0.25) is 0 Å². The lowest BCUT2D eigenvalue weighted by Gasteiger charge is -2.26. The quantitative estimate of drug-likeness (QED) is 0.823. The van der Waals surface area contributed by atoms with Crippen LogP contribution in [0, 0.1) is 11.6 Å². The maximum atomic E-state index is 13.6. The largest absolute Gasteiger partial charge is 0.326 e. The summed E-state index contributed by atoms with van der Waals surface area (Å²) in [7, 11) is 0. The Hall–Kier alpha value is -2.27. The summed E-state index contributed by atoms with van der Waals surface area (Å²) in [6.07, 6.45) is 4.07. The number of anilines is 1. The summed E-state index contributed by atoms with van der Waals surface area (Å²) in [5, 5.41) is 2.85. The van der Waals surface area contributed by atoms with Crippen LogP contribution >= 0.6 is 0 Å². The van der Waals surface area contributed by atoms with E-state index in [1.54, 1.807) is 0 Å². The fourth-order valence-corrected chi connectivity index (χ4v) is 3.33. The smallest absolute Gasteiger partial charge is 0.224 e. The molecule has 1 fully saturated rings. The SMILES string of the molecule is O=C(CCc1cc(F)ccc1F)Nc1cccc(CN2CCCCC2)c1. The molecular weight excluding hydrogens is 334 g/mol. The Morgan fingerprint density at radius 1 is 1.04 bits per heavy atom. The van der Waals surface area contributed by atoms with Gasteiger partial charge in [-0.15, -0.1) is 0 Å². The van der Waals surface area contributed by atoms with E-state index in [2.05, 4.69) is 16.3 Å². The Balaban J connectivity index is 1.53. The summed E-state index contributed by atoms with van der Waals surface area (Å²) >= 11 is 0. The first-order valence-electron chi connectivity index (χ1n) is 9.15. The van der Waals surface area contributed by atoms with Gasteiger partial charge in [-0.05, 0) is 73.8 Å². The topological polar surface area (TPSA) is 32.3 Å². The van der Waals surface area contributed by atoms with E-state index in [1.165, 1.54) is 24.8 Å². The molecule has 1 amide bonds. The van der Waals surface area contributed by atoms with E-state index in [1.807, 2.05) is 18.2 Å². The Bertz CT molecular complexity index is 757. The molecule has 0 spiro atoms. The molecule has 1 saturated heterocycles. The third-order valence-electron chi connectivity index (χ3n) is 4.69. The molecule has 0 aromatic heterocycles. The second-order valence-corrected chi connectivity index (χ2v) is 6.82. The summed E-state index contributed by atoms with van der Waals surface area (Å²) < 4.78 is 26.8. The third-order valence-corrected chi connectivity index (χ3v) is 4.69. The summed E-state index contributed by atoms with van der Waals surface area (Å²) in [6, 6.07) is 11.1. The van der Waals surface area contributed by atoms with Crippen LogP contribution in [0.1, 0.15) is 36.8 Å². The molecule has 0 bridgehead atoms. The van der Waals surface area contributed by atoms with Crippen LogP contribution in [0.25, 0.3) is 0 Å². The van der Waals surface area contributed by atoms with Crippen LogP contribution in [0.15, 0.2) is 42.5 Å². The van der Waals surface area contributed by atoms with Gasteiger partial charge in [0.2, 0.25) is 5.91 Å². The molecule has 1 N–H and O–H groups in total. The molecule has 1 heterocycles. The van der Waals surface area contributed by atoms with Crippen molar-refractivity contribution in [2.24, 2.45) is 0 Å². The average Bonchev–Trinajstić information content (AvgIpc) is 2.64. The van der Waals surface area contributed by atoms with Crippen molar-refractivity contribution >= 4 is 11.6 Å². The summed E-state index contributed by atoms with van der Waals surface area (Å²) in [5.74, 6) is -1.18. The number of carbonyl (C=O) groups excluding carboxylic acids is 1. The van der Waals surface area contributed by atoms with Crippen molar-refractivity contribution < 1.29 is 13.6 Å². The highest BCUT2D eigenvalue weighted by atomic mass is 19.1. The average molecular weight is 358 g/mol. The number of amides is 1. The molecular formula is C21H24F2N2O. The molecule has 2 aromatic carbocycles. The van der Waals surface area contributed by atoms with Gasteiger partial charge in [-0.3, -0.25) is 9.69 Å². The molecule has 0 unspecified atom stereocenters. The zero-order valence-electron chi connectivity index (χ0n) is 14.8. The lowest BCUT2D eigenvalue weighted by atomic mass is 10.1. The standard InChI is InChI=1S/C21H24F2N2O/c22-18-8-9-20(23)17(14-18)7-10-21(26)24-19-6-4-5-16(13-19)15-25-11-2-1-3-12-25/h4-6,8-9,13-14H,1-3,7,10-12,15H2,(H,24,26). The molecule has 0 aliphatic carbocycles. The van der Waals surface area contributed by atoms with Crippen molar-refractivity contribution in [3.8, 4) is 0 Å². The zero-order chi connectivity index (χ0) is 18.4. The maximum absolute atomic E-state index is 13.6. The minimum absolute atomic E-state index is 0.108. The molecule has 26 heavy (non-hydrogen) atoms. The summed E-state index contributed by atoms with van der Waals surface area (Å²) in [6.45, 7) is 3.13. The molecule has 0 atom stereocenters. The first kappa shape index (κ1) is 18.5. The van der Waals surface area contributed by atoms with E-state index in [0.717, 1.165) is 43.5 Å². The van der Waals surface area contributed by atoms with E-state index in [9.17, 15) is 13.6 Å². The minimum Gasteiger partial charge on any atom is -0.326 e. The second kappa shape index (κ2) is 8.90. The van der Waals surface area contributed by atoms with Gasteiger partial charge in [-0.2, -0.15) is 0 Å². The van der Waals surface area contributed by atoms with Gasteiger partial charge in [0.25, 0.3) is 0 Å². The third kappa shape index (κ3) is 5.36. The van der Waals surface area contributed by atoms with Gasteiger partial charge in [-0.25, -0.2) is 8.78 Å². The molecule has 3 nitrogen and oxygen atoms in total. The van der Waals surface area contributed by atoms with E-state index < -0.39 is 11.6 Å². The summed E-state index contributed by atoms with van der Waals surface area (Å²) in [4.78, 5) is 14.6. The van der Waals surface area contributed by atoms with Crippen LogP contribution in [0.4, 0.5) is 14.5 Å². The Morgan fingerprint density at radius 2 is 1.85 bits per heavy atom. The monoisotopic (exact) mass is 358 g/mol. The number of nitrogens with zero attached hydrogens (tertiary/aromatic N) is 1. The van der Waals surface area contributed by atoms with Crippen LogP contribution in [0.3, 0.4) is 0 Å². The Labute approximate surface area is 153 Å². The van der Waals surface area contributed by atoms with Gasteiger partial charge in [0.1, 0.15) is 11.6 Å². The van der Waals surface area contributed by atoms with E-state index in [-0.39, 0.29) is 24.3 Å². The number of carbonyl (C=O) groups is 1. The number of hydrogen-bond acceptors (Lipinski definition) is 2. The summed E-state index contributed by atoms with van der Waals surface area (Å²) in [5.41, 5.74) is 2.13. The van der Waals surface area contributed by atoms with Crippen molar-refractivity contribution in [2.45, 2.75) is 38.6 Å². The van der Waals surface area contributed by atoms with Crippen LogP contribution in [0.5, 0.6) is 0 Å². The van der Waals surface area contributed by atoms with Gasteiger partial charge in [0, 0.05) is 18.7 Å². The number of rotatable bonds is 6. The predicted octanol–water partition coefficient (Wildman–Crippen LogP) is 4.52. The maximum Gasteiger partial charge on any atom is 0.224 e. The zero-order valence-corrected chi connectivity index (χ0v) is 14.8. The molecule has 1 aliphatic rings. The first-order chi connectivity index (χ1) is 12.6. The fourth-order valence-electron chi connectivity index (χ4n) is 3.33. The van der Waals surface area contributed by atoms with Gasteiger partial charge in [0.05, 0.1) is 0 Å². The van der Waals surface area contributed by atoms with Gasteiger partial charge in [-0.1, -0.05) is 18.6 Å². The molecule has 3 rings (SSSR count). The first-order valence-corrected chi connectivity index (χ1v) is 9.15. The number of halogens is 2. The minimum atomic E-state index is -0.493. The predicted molar refractivity (Wildman–Crippen MR) is 98.9 cm³/mol. The van der Waals surface area contributed by atoms with E-state index in [4.69, 9.17) is 0 Å². The van der Waals surface area contributed by atoms with Crippen LogP contribution in [-0.2, 0) is 17.8 Å². The molecule has 0 saturated carbocycles. The normalized spacial score (nSPS) is 15.0. The molecule has 138 valence electrons. The highest BCUT2D eigenvalue weighted by molar-refractivity contribution is 5.90. The van der Waals surface area contributed by atoms with Crippen molar-refractivity contribution in [1.82, 2.24) is 4.90 Å². The molecule has 5 heteroatoms. The highest BCUT2D eigenvalue weighted by Crippen LogP contribution is 2.17. The molecule has 0 radical (unpaired) electrons. The number of likely N-dealkylation sites (tertiary alicyclic amines) is 1. The number of piperidine rings is 1. The van der Waals surface area contributed by atoms with Crippen LogP contribution < -0.4 is 5.32 Å². The van der Waals surface area contributed by atoms with E-state index >= 15 is 0 Å². The van der Waals surface area contributed by atoms with Crippen molar-refractivity contribution in [1.29, 1.82) is 0 Å². The Kier molecular flexibility index (Phi) is 6.34. The lowest BCUT2D eigenvalue weighted by Crippen LogP contribution is -2.29. The number of aryl methyl sites for hydroxylation is 1. The lowest BCUT2D eigenvalue weighted by molar-refractivity contribution is -0.116.